The molecule has 1 aromatic rings. The van der Waals surface area contributed by atoms with Crippen LogP contribution >= 0.6 is 12.4 Å². The van der Waals surface area contributed by atoms with Gasteiger partial charge < -0.3 is 20.1 Å². The number of unbranched alkanes of at least 4 members (excludes halogenated alkanes) is 1. The Bertz CT molecular complexity index is 757. The first kappa shape index (κ1) is 31.1. The highest BCUT2D eigenvalue weighted by atomic mass is 35.5. The number of hydrogen-bond donors (Lipinski definition) is 2. The summed E-state index contributed by atoms with van der Waals surface area (Å²) in [7, 11) is 0. The van der Waals surface area contributed by atoms with Gasteiger partial charge in [0.2, 0.25) is 0 Å². The van der Waals surface area contributed by atoms with Crippen LogP contribution in [0.5, 0.6) is 5.75 Å². The van der Waals surface area contributed by atoms with Crippen LogP contribution in [0.15, 0.2) is 24.3 Å². The Morgan fingerprint density at radius 3 is 2.69 bits per heavy atom. The van der Waals surface area contributed by atoms with Crippen LogP contribution in [0.2, 0.25) is 0 Å². The van der Waals surface area contributed by atoms with Crippen LogP contribution < -0.4 is 5.32 Å². The first-order valence-electron chi connectivity index (χ1n) is 14.3. The van der Waals surface area contributed by atoms with Gasteiger partial charge in [-0.1, -0.05) is 52.2 Å². The fourth-order valence-electron chi connectivity index (χ4n) is 6.16. The lowest BCUT2D eigenvalue weighted by Crippen LogP contribution is -2.50. The number of phenolic OH excluding ortho intramolecular Hbond substituents is 1. The molecule has 1 heterocycles. The van der Waals surface area contributed by atoms with Gasteiger partial charge in [-0.3, -0.25) is 4.90 Å². The molecule has 1 saturated heterocycles. The predicted octanol–water partition coefficient (Wildman–Crippen LogP) is 5.64. The van der Waals surface area contributed by atoms with Gasteiger partial charge in [0, 0.05) is 32.1 Å². The van der Waals surface area contributed by atoms with Crippen molar-refractivity contribution in [3.8, 4) is 5.75 Å². The van der Waals surface area contributed by atoms with E-state index in [1.54, 1.807) is 6.07 Å². The second-order valence-corrected chi connectivity index (χ2v) is 11.7. The molecule has 0 aromatic heterocycles. The third-order valence-electron chi connectivity index (χ3n) is 8.91. The fraction of sp³-hybridized carbons (Fsp3) is 0.767. The third kappa shape index (κ3) is 9.31. The smallest absolute Gasteiger partial charge is 0.120 e. The number of likely N-dealkylation sites (tertiary alicyclic amines) is 1. The van der Waals surface area contributed by atoms with Gasteiger partial charge in [-0.25, -0.2) is 0 Å². The largest absolute Gasteiger partial charge is 0.508 e. The maximum absolute atomic E-state index is 10.6. The Morgan fingerprint density at radius 1 is 1.22 bits per heavy atom. The lowest BCUT2D eigenvalue weighted by atomic mass is 9.68. The number of phenols is 1. The molecule has 2 N–H and O–H groups in total. The van der Waals surface area contributed by atoms with E-state index >= 15 is 0 Å². The first-order chi connectivity index (χ1) is 16.9. The third-order valence-corrected chi connectivity index (χ3v) is 8.91. The van der Waals surface area contributed by atoms with Crippen molar-refractivity contribution in [2.75, 3.05) is 45.8 Å². The fourth-order valence-corrected chi connectivity index (χ4v) is 6.16. The zero-order valence-corrected chi connectivity index (χ0v) is 23.9. The van der Waals surface area contributed by atoms with Crippen molar-refractivity contribution in [3.05, 3.63) is 29.8 Å². The second-order valence-electron chi connectivity index (χ2n) is 11.7. The van der Waals surface area contributed by atoms with Crippen molar-refractivity contribution in [2.45, 2.75) is 90.0 Å². The lowest BCUT2D eigenvalue weighted by Gasteiger charge is -2.46. The number of aromatic hydroxyl groups is 1. The quantitative estimate of drug-likeness (QED) is 0.245. The van der Waals surface area contributed by atoms with Crippen LogP contribution in [0.25, 0.3) is 0 Å². The molecule has 1 aromatic carbocycles. The number of halogens is 1. The first-order valence-corrected chi connectivity index (χ1v) is 14.3. The molecule has 0 spiro atoms. The summed E-state index contributed by atoms with van der Waals surface area (Å²) in [6, 6.07) is 8.68. The van der Waals surface area contributed by atoms with E-state index in [1.165, 1.54) is 70.1 Å². The molecule has 1 aliphatic heterocycles. The van der Waals surface area contributed by atoms with Gasteiger partial charge in [-0.2, -0.15) is 0 Å². The van der Waals surface area contributed by atoms with Crippen molar-refractivity contribution in [3.63, 3.8) is 0 Å². The van der Waals surface area contributed by atoms with E-state index < -0.39 is 0 Å². The number of nitrogens with one attached hydrogen (secondary N) is 1. The van der Waals surface area contributed by atoms with Crippen LogP contribution in [-0.2, 0) is 10.2 Å². The van der Waals surface area contributed by atoms with E-state index in [1.807, 2.05) is 12.1 Å². The van der Waals surface area contributed by atoms with Gasteiger partial charge in [0.15, 0.2) is 0 Å². The summed E-state index contributed by atoms with van der Waals surface area (Å²) >= 11 is 0. The molecule has 6 heteroatoms. The summed E-state index contributed by atoms with van der Waals surface area (Å²) in [4.78, 5) is 16.1. The van der Waals surface area contributed by atoms with Gasteiger partial charge >= 0.3 is 0 Å². The zero-order chi connectivity index (χ0) is 25.1. The molecule has 2 aliphatic rings. The molecular formula is C30H52ClN3O2. The van der Waals surface area contributed by atoms with E-state index in [0.29, 0.717) is 24.0 Å². The molecule has 206 valence electrons. The summed E-state index contributed by atoms with van der Waals surface area (Å²) in [5.41, 5.74) is 1.41. The van der Waals surface area contributed by atoms with Crippen LogP contribution in [0, 0.1) is 11.8 Å². The monoisotopic (exact) mass is 521 g/mol. The minimum atomic E-state index is 0. The number of carbonyl (C=O) groups is 1. The predicted molar refractivity (Wildman–Crippen MR) is 153 cm³/mol. The van der Waals surface area contributed by atoms with E-state index in [-0.39, 0.29) is 17.8 Å². The highest BCUT2D eigenvalue weighted by Crippen LogP contribution is 2.40. The number of benzene rings is 1. The molecule has 1 unspecified atom stereocenters. The number of aldehydes is 1. The molecular weight excluding hydrogens is 470 g/mol. The van der Waals surface area contributed by atoms with Crippen molar-refractivity contribution in [2.24, 2.45) is 11.8 Å². The molecule has 1 aliphatic carbocycles. The maximum atomic E-state index is 10.6. The highest BCUT2D eigenvalue weighted by molar-refractivity contribution is 5.85. The van der Waals surface area contributed by atoms with Gasteiger partial charge in [-0.15, -0.1) is 12.4 Å². The second kappa shape index (κ2) is 16.0. The van der Waals surface area contributed by atoms with Crippen molar-refractivity contribution >= 4 is 18.7 Å². The Morgan fingerprint density at radius 2 is 2.00 bits per heavy atom. The van der Waals surface area contributed by atoms with E-state index in [0.717, 1.165) is 44.9 Å². The van der Waals surface area contributed by atoms with E-state index in [4.69, 9.17) is 0 Å². The average molecular weight is 522 g/mol. The Balaban J connectivity index is 0.00000456. The van der Waals surface area contributed by atoms with Gasteiger partial charge in [0.25, 0.3) is 0 Å². The van der Waals surface area contributed by atoms with Crippen LogP contribution in [-0.4, -0.2) is 73.0 Å². The van der Waals surface area contributed by atoms with Crippen molar-refractivity contribution in [1.29, 1.82) is 0 Å². The molecule has 0 amide bonds. The van der Waals surface area contributed by atoms with Crippen LogP contribution in [0.3, 0.4) is 0 Å². The van der Waals surface area contributed by atoms with Crippen LogP contribution in [0.1, 0.15) is 84.1 Å². The maximum Gasteiger partial charge on any atom is 0.120 e. The molecule has 0 radical (unpaired) electrons. The molecule has 0 bridgehead atoms. The molecule has 5 nitrogen and oxygen atoms in total. The minimum Gasteiger partial charge on any atom is -0.508 e. The topological polar surface area (TPSA) is 55.8 Å². The van der Waals surface area contributed by atoms with E-state index in [2.05, 4.69) is 42.0 Å². The Labute approximate surface area is 226 Å². The normalized spacial score (nSPS) is 24.4. The Kier molecular flexibility index (Phi) is 13.8. The number of carbonyl (C=O) groups excluding carboxylic acids is 1. The van der Waals surface area contributed by atoms with Crippen molar-refractivity contribution < 1.29 is 9.90 Å². The zero-order valence-electron chi connectivity index (χ0n) is 23.1. The molecule has 3 atom stereocenters. The molecule has 1 saturated carbocycles. The average Bonchev–Trinajstić information content (AvgIpc) is 2.86. The summed E-state index contributed by atoms with van der Waals surface area (Å²) in [5.74, 6) is 1.38. The standard InChI is InChI=1S/C30H51N3O2.ClH/c1-25(14-21-34)23-31-16-7-8-17-33(28-11-5-4-6-12-28)20-19-32-18-15-30(3,26(2)24-32)27-10-9-13-29(35)22-27;/h9-10,13,21-22,25-26,28,31,35H,4-8,11-12,14-20,23-24H2,1-3H3;1H/t25?,26-,30-;/m0./s1. The van der Waals surface area contributed by atoms with Crippen molar-refractivity contribution in [1.82, 2.24) is 15.1 Å². The number of rotatable bonds is 14. The summed E-state index contributed by atoms with van der Waals surface area (Å²) in [5, 5.41) is 13.5. The molecule has 3 rings (SSSR count). The Hall–Kier alpha value is -1.14. The van der Waals surface area contributed by atoms with Crippen LogP contribution in [0.4, 0.5) is 0 Å². The number of piperidine rings is 1. The van der Waals surface area contributed by atoms with Gasteiger partial charge in [0.1, 0.15) is 12.0 Å². The number of nitrogens with zero attached hydrogens (tertiary/aromatic N) is 2. The molecule has 2 fully saturated rings. The van der Waals surface area contributed by atoms with Gasteiger partial charge in [0.05, 0.1) is 0 Å². The highest BCUT2D eigenvalue weighted by Gasteiger charge is 2.38. The summed E-state index contributed by atoms with van der Waals surface area (Å²) in [6.07, 6.45) is 12.2. The minimum absolute atomic E-state index is 0. The SMILES string of the molecule is CC(CC=O)CNCCCCN(CCN1CC[C@](C)(c2cccc(O)c2)[C@@H](C)C1)C1CCCCC1.Cl. The number of hydrogen-bond acceptors (Lipinski definition) is 5. The lowest BCUT2D eigenvalue weighted by molar-refractivity contribution is -0.108. The van der Waals surface area contributed by atoms with E-state index in [9.17, 15) is 9.90 Å². The summed E-state index contributed by atoms with van der Waals surface area (Å²) in [6.45, 7) is 14.7. The molecule has 36 heavy (non-hydrogen) atoms. The van der Waals surface area contributed by atoms with Gasteiger partial charge in [-0.05, 0) is 93.2 Å². The summed E-state index contributed by atoms with van der Waals surface area (Å²) < 4.78 is 0.